The fourth-order valence-electron chi connectivity index (χ4n) is 1.83. The van der Waals surface area contributed by atoms with Crippen LogP contribution in [0.25, 0.3) is 0 Å². The van der Waals surface area contributed by atoms with Crippen LogP contribution in [0.2, 0.25) is 0 Å². The van der Waals surface area contributed by atoms with E-state index in [1.807, 2.05) is 0 Å². The first kappa shape index (κ1) is 11.6. The maximum Gasteiger partial charge on any atom is 0.263 e. The topological polar surface area (TPSA) is 64.8 Å². The number of nitrogen functional groups attached to an aromatic ring is 1. The van der Waals surface area contributed by atoms with Gasteiger partial charge in [0, 0.05) is 31.8 Å². The summed E-state index contributed by atoms with van der Waals surface area (Å²) in [5.74, 6) is 1.10. The number of benzene rings is 1. The minimum atomic E-state index is -0.419. The minimum absolute atomic E-state index is 0.00359. The first-order valence-electron chi connectivity index (χ1n) is 5.47. The standard InChI is InChI=1S/C12H16N2O3/c1-14-6-5-10(12(14)15)17-9-4-3-8(13)7-11(9)16-2/h3-4,7,10H,5-6,13H2,1-2H3. The fraction of sp³-hybridized carbons (Fsp3) is 0.417. The number of hydrogen-bond acceptors (Lipinski definition) is 4. The number of nitrogens with zero attached hydrogens (tertiary/aromatic N) is 1. The van der Waals surface area contributed by atoms with Gasteiger partial charge in [0.1, 0.15) is 0 Å². The molecular formula is C12H16N2O3. The van der Waals surface area contributed by atoms with Crippen LogP contribution in [0.5, 0.6) is 11.5 Å². The van der Waals surface area contributed by atoms with E-state index in [1.54, 1.807) is 37.3 Å². The molecule has 1 heterocycles. The highest BCUT2D eigenvalue weighted by Crippen LogP contribution is 2.31. The van der Waals surface area contributed by atoms with Crippen LogP contribution in [-0.2, 0) is 4.79 Å². The summed E-state index contributed by atoms with van der Waals surface area (Å²) in [5, 5.41) is 0. The van der Waals surface area contributed by atoms with Gasteiger partial charge in [-0.3, -0.25) is 4.79 Å². The number of carbonyl (C=O) groups excluding carboxylic acids is 1. The molecule has 0 spiro atoms. The number of likely N-dealkylation sites (tertiary alicyclic amines) is 1. The van der Waals surface area contributed by atoms with Crippen molar-refractivity contribution >= 4 is 11.6 Å². The van der Waals surface area contributed by atoms with E-state index in [2.05, 4.69) is 0 Å². The summed E-state index contributed by atoms with van der Waals surface area (Å²) in [6.45, 7) is 0.723. The van der Waals surface area contributed by atoms with Crippen molar-refractivity contribution in [3.63, 3.8) is 0 Å². The molecule has 5 heteroatoms. The predicted octanol–water partition coefficient (Wildman–Crippen LogP) is 0.887. The van der Waals surface area contributed by atoms with Crippen molar-refractivity contribution in [2.24, 2.45) is 0 Å². The number of hydrogen-bond donors (Lipinski definition) is 1. The Morgan fingerprint density at radius 1 is 1.41 bits per heavy atom. The molecule has 1 unspecified atom stereocenters. The van der Waals surface area contributed by atoms with Gasteiger partial charge in [-0.1, -0.05) is 0 Å². The van der Waals surface area contributed by atoms with Crippen LogP contribution in [-0.4, -0.2) is 37.6 Å². The number of nitrogens with two attached hydrogens (primary N) is 1. The normalized spacial score (nSPS) is 19.5. The van der Waals surface area contributed by atoms with E-state index >= 15 is 0 Å². The number of rotatable bonds is 3. The Kier molecular flexibility index (Phi) is 3.08. The van der Waals surface area contributed by atoms with Crippen molar-refractivity contribution in [3.05, 3.63) is 18.2 Å². The molecule has 92 valence electrons. The van der Waals surface area contributed by atoms with Crippen molar-refractivity contribution < 1.29 is 14.3 Å². The third kappa shape index (κ3) is 2.27. The van der Waals surface area contributed by atoms with Gasteiger partial charge in [0.2, 0.25) is 0 Å². The third-order valence-corrected chi connectivity index (χ3v) is 2.84. The van der Waals surface area contributed by atoms with E-state index in [9.17, 15) is 4.79 Å². The molecule has 1 atom stereocenters. The Balaban J connectivity index is 2.16. The molecule has 1 saturated heterocycles. The second-order valence-electron chi connectivity index (χ2n) is 4.07. The molecule has 1 aliphatic heterocycles. The molecule has 1 aliphatic rings. The number of carbonyl (C=O) groups is 1. The summed E-state index contributed by atoms with van der Waals surface area (Å²) in [7, 11) is 3.32. The highest BCUT2D eigenvalue weighted by molar-refractivity contribution is 5.83. The van der Waals surface area contributed by atoms with Crippen LogP contribution in [0.15, 0.2) is 18.2 Å². The van der Waals surface area contributed by atoms with Crippen molar-refractivity contribution in [2.75, 3.05) is 26.4 Å². The van der Waals surface area contributed by atoms with Gasteiger partial charge in [0.05, 0.1) is 7.11 Å². The lowest BCUT2D eigenvalue weighted by Gasteiger charge is -2.15. The van der Waals surface area contributed by atoms with E-state index in [0.29, 0.717) is 23.6 Å². The van der Waals surface area contributed by atoms with E-state index in [4.69, 9.17) is 15.2 Å². The molecule has 1 amide bonds. The average molecular weight is 236 g/mol. The second kappa shape index (κ2) is 4.53. The van der Waals surface area contributed by atoms with Crippen LogP contribution in [0, 0.1) is 0 Å². The molecule has 1 fully saturated rings. The molecule has 0 bridgehead atoms. The largest absolute Gasteiger partial charge is 0.493 e. The maximum absolute atomic E-state index is 11.7. The van der Waals surface area contributed by atoms with Gasteiger partial charge in [-0.15, -0.1) is 0 Å². The maximum atomic E-state index is 11.7. The lowest BCUT2D eigenvalue weighted by Crippen LogP contribution is -2.29. The Hall–Kier alpha value is -1.91. The zero-order chi connectivity index (χ0) is 12.4. The molecule has 0 saturated carbocycles. The Bertz CT molecular complexity index is 434. The van der Waals surface area contributed by atoms with Crippen molar-refractivity contribution in [1.82, 2.24) is 4.90 Å². The quantitative estimate of drug-likeness (QED) is 0.791. The van der Waals surface area contributed by atoms with Crippen LogP contribution < -0.4 is 15.2 Å². The second-order valence-corrected chi connectivity index (χ2v) is 4.07. The predicted molar refractivity (Wildman–Crippen MR) is 64.1 cm³/mol. The molecular weight excluding hydrogens is 220 g/mol. The van der Waals surface area contributed by atoms with Gasteiger partial charge >= 0.3 is 0 Å². The SMILES string of the molecule is COc1cc(N)ccc1OC1CCN(C)C1=O. The van der Waals surface area contributed by atoms with Crippen LogP contribution in [0.1, 0.15) is 6.42 Å². The number of likely N-dealkylation sites (N-methyl/N-ethyl adjacent to an activating group) is 1. The van der Waals surface area contributed by atoms with Crippen molar-refractivity contribution in [3.8, 4) is 11.5 Å². The van der Waals surface area contributed by atoms with Crippen molar-refractivity contribution in [1.29, 1.82) is 0 Å². The van der Waals surface area contributed by atoms with Gasteiger partial charge < -0.3 is 20.1 Å². The lowest BCUT2D eigenvalue weighted by molar-refractivity contribution is -0.132. The average Bonchev–Trinajstić information content (AvgIpc) is 2.63. The summed E-state index contributed by atoms with van der Waals surface area (Å²) < 4.78 is 10.8. The number of anilines is 1. The molecule has 17 heavy (non-hydrogen) atoms. The minimum Gasteiger partial charge on any atom is -0.493 e. The summed E-state index contributed by atoms with van der Waals surface area (Å²) >= 11 is 0. The molecule has 0 radical (unpaired) electrons. The van der Waals surface area contributed by atoms with Gasteiger partial charge in [0.25, 0.3) is 5.91 Å². The number of amides is 1. The van der Waals surface area contributed by atoms with E-state index in [0.717, 1.165) is 6.54 Å². The lowest BCUT2D eigenvalue weighted by atomic mass is 10.2. The zero-order valence-electron chi connectivity index (χ0n) is 9.97. The molecule has 5 nitrogen and oxygen atoms in total. The third-order valence-electron chi connectivity index (χ3n) is 2.84. The van der Waals surface area contributed by atoms with Crippen molar-refractivity contribution in [2.45, 2.75) is 12.5 Å². The van der Waals surface area contributed by atoms with Gasteiger partial charge in [0.15, 0.2) is 17.6 Å². The van der Waals surface area contributed by atoms with E-state index in [1.165, 1.54) is 0 Å². The smallest absolute Gasteiger partial charge is 0.263 e. The molecule has 1 aromatic carbocycles. The van der Waals surface area contributed by atoms with Gasteiger partial charge in [-0.25, -0.2) is 0 Å². The molecule has 2 rings (SSSR count). The monoisotopic (exact) mass is 236 g/mol. The van der Waals surface area contributed by atoms with Crippen LogP contribution in [0.4, 0.5) is 5.69 Å². The molecule has 2 N–H and O–H groups in total. The highest BCUT2D eigenvalue weighted by Gasteiger charge is 2.31. The summed E-state index contributed by atoms with van der Waals surface area (Å²) in [4.78, 5) is 13.4. The summed E-state index contributed by atoms with van der Waals surface area (Å²) in [6, 6.07) is 5.12. The van der Waals surface area contributed by atoms with E-state index < -0.39 is 6.10 Å². The van der Waals surface area contributed by atoms with Gasteiger partial charge in [-0.05, 0) is 12.1 Å². The highest BCUT2D eigenvalue weighted by atomic mass is 16.5. The molecule has 0 aliphatic carbocycles. The molecule has 1 aromatic rings. The summed E-state index contributed by atoms with van der Waals surface area (Å²) in [6.07, 6.45) is 0.278. The first-order valence-corrected chi connectivity index (χ1v) is 5.47. The Morgan fingerprint density at radius 2 is 2.18 bits per heavy atom. The number of ether oxygens (including phenoxy) is 2. The summed E-state index contributed by atoms with van der Waals surface area (Å²) in [5.41, 5.74) is 6.25. The number of methoxy groups -OCH3 is 1. The van der Waals surface area contributed by atoms with E-state index in [-0.39, 0.29) is 5.91 Å². The molecule has 0 aromatic heterocycles. The Labute approximate surface area is 100 Å². The van der Waals surface area contributed by atoms with Gasteiger partial charge in [-0.2, -0.15) is 0 Å². The fourth-order valence-corrected chi connectivity index (χ4v) is 1.83. The first-order chi connectivity index (χ1) is 8.11. The Morgan fingerprint density at radius 3 is 2.76 bits per heavy atom. The zero-order valence-corrected chi connectivity index (χ0v) is 9.97. The van der Waals surface area contributed by atoms with Crippen LogP contribution in [0.3, 0.4) is 0 Å². The van der Waals surface area contributed by atoms with Crippen LogP contribution >= 0.6 is 0 Å².